The Bertz CT molecular complexity index is 547. The number of fused-ring (bicyclic) bond motifs is 1. The molecule has 1 aromatic carbocycles. The number of nitrogens with zero attached hydrogens (tertiary/aromatic N) is 1. The highest BCUT2D eigenvalue weighted by Crippen LogP contribution is 2.30. The summed E-state index contributed by atoms with van der Waals surface area (Å²) >= 11 is 0. The van der Waals surface area contributed by atoms with Crippen molar-refractivity contribution in [3.8, 4) is 11.5 Å². The van der Waals surface area contributed by atoms with Crippen molar-refractivity contribution in [3.63, 3.8) is 0 Å². The van der Waals surface area contributed by atoms with E-state index in [0.717, 1.165) is 31.4 Å². The van der Waals surface area contributed by atoms with Crippen molar-refractivity contribution in [3.05, 3.63) is 24.3 Å². The monoisotopic (exact) mass is 302 g/mol. The first-order valence-corrected chi connectivity index (χ1v) is 8.07. The Hall–Kier alpha value is -2.04. The van der Waals surface area contributed by atoms with Crippen LogP contribution in [0.1, 0.15) is 44.9 Å². The molecule has 1 saturated carbocycles. The van der Waals surface area contributed by atoms with Gasteiger partial charge in [0.2, 0.25) is 6.10 Å². The molecule has 5 heteroatoms. The van der Waals surface area contributed by atoms with Crippen LogP contribution in [0.4, 0.5) is 0 Å². The van der Waals surface area contributed by atoms with E-state index < -0.39 is 6.10 Å². The predicted molar refractivity (Wildman–Crippen MR) is 84.2 cm³/mol. The van der Waals surface area contributed by atoms with Gasteiger partial charge in [-0.2, -0.15) is 5.10 Å². The molecular weight excluding hydrogens is 280 g/mol. The van der Waals surface area contributed by atoms with E-state index in [1.54, 1.807) is 6.07 Å². The summed E-state index contributed by atoms with van der Waals surface area (Å²) in [5, 5.41) is 4.30. The third-order valence-electron chi connectivity index (χ3n) is 4.06. The van der Waals surface area contributed by atoms with Crippen LogP contribution in [-0.4, -0.2) is 24.3 Å². The largest absolute Gasteiger partial charge is 0.485 e. The summed E-state index contributed by atoms with van der Waals surface area (Å²) in [6, 6.07) is 7.37. The first-order valence-electron chi connectivity index (χ1n) is 8.07. The van der Waals surface area contributed by atoms with Crippen LogP contribution >= 0.6 is 0 Å². The number of hydrazone groups is 1. The summed E-state index contributed by atoms with van der Waals surface area (Å²) in [7, 11) is 0. The molecule has 1 heterocycles. The fraction of sp³-hybridized carbons (Fsp3) is 0.529. The summed E-state index contributed by atoms with van der Waals surface area (Å²) in [5.74, 6) is 1.04. The lowest BCUT2D eigenvalue weighted by Gasteiger charge is -2.25. The smallest absolute Gasteiger partial charge is 0.284 e. The minimum Gasteiger partial charge on any atom is -0.485 e. The Morgan fingerprint density at radius 2 is 1.73 bits per heavy atom. The summed E-state index contributed by atoms with van der Waals surface area (Å²) in [4.78, 5) is 12.2. The molecule has 1 N–H and O–H groups in total. The second-order valence-electron chi connectivity index (χ2n) is 5.79. The number of nitrogens with one attached hydrogen (secondary N) is 1. The molecule has 0 saturated heterocycles. The molecule has 0 bridgehead atoms. The zero-order chi connectivity index (χ0) is 15.2. The van der Waals surface area contributed by atoms with Crippen LogP contribution in [0.2, 0.25) is 0 Å². The lowest BCUT2D eigenvalue weighted by molar-refractivity contribution is -0.130. The predicted octanol–water partition coefficient (Wildman–Crippen LogP) is 3.04. The maximum absolute atomic E-state index is 12.2. The van der Waals surface area contributed by atoms with Crippen molar-refractivity contribution >= 4 is 11.6 Å². The van der Waals surface area contributed by atoms with Gasteiger partial charge in [-0.15, -0.1) is 0 Å². The molecule has 1 atom stereocenters. The summed E-state index contributed by atoms with van der Waals surface area (Å²) in [5.41, 5.74) is 3.73. The second kappa shape index (κ2) is 7.29. The first kappa shape index (κ1) is 14.9. The molecule has 5 nitrogen and oxygen atoms in total. The van der Waals surface area contributed by atoms with Gasteiger partial charge in [0.05, 0.1) is 0 Å². The molecule has 0 aromatic heterocycles. The summed E-state index contributed by atoms with van der Waals surface area (Å²) in [6.45, 7) is 0.216. The third kappa shape index (κ3) is 3.78. The van der Waals surface area contributed by atoms with Gasteiger partial charge >= 0.3 is 0 Å². The number of hydrogen-bond donors (Lipinski definition) is 1. The maximum Gasteiger partial charge on any atom is 0.284 e. The molecule has 1 aliphatic carbocycles. The normalized spacial score (nSPS) is 21.5. The molecule has 118 valence electrons. The standard InChI is InChI=1S/C17H22N2O3/c20-17(19-18-13-8-4-2-1-3-5-9-13)16-12-21-14-10-6-7-11-15(14)22-16/h6-7,10-11,16H,1-5,8-9,12H2,(H,19,20)/t16-/m0/s1. The van der Waals surface area contributed by atoms with E-state index in [4.69, 9.17) is 9.47 Å². The number of para-hydroxylation sites is 2. The highest BCUT2D eigenvalue weighted by Gasteiger charge is 2.27. The lowest BCUT2D eigenvalue weighted by Crippen LogP contribution is -2.42. The molecule has 0 unspecified atom stereocenters. The van der Waals surface area contributed by atoms with Crippen LogP contribution < -0.4 is 14.9 Å². The van der Waals surface area contributed by atoms with Crippen LogP contribution in [0.3, 0.4) is 0 Å². The summed E-state index contributed by atoms with van der Waals surface area (Å²) in [6.07, 6.45) is 7.44. The van der Waals surface area contributed by atoms with Crippen LogP contribution in [0.15, 0.2) is 29.4 Å². The van der Waals surface area contributed by atoms with Gasteiger partial charge in [0.1, 0.15) is 6.61 Å². The van der Waals surface area contributed by atoms with Gasteiger partial charge in [-0.1, -0.05) is 31.4 Å². The molecule has 1 aromatic rings. The van der Waals surface area contributed by atoms with E-state index >= 15 is 0 Å². The fourth-order valence-corrected chi connectivity index (χ4v) is 2.78. The average molecular weight is 302 g/mol. The molecule has 1 fully saturated rings. The van der Waals surface area contributed by atoms with Crippen LogP contribution in [0, 0.1) is 0 Å². The zero-order valence-electron chi connectivity index (χ0n) is 12.7. The number of benzene rings is 1. The van der Waals surface area contributed by atoms with Crippen molar-refractivity contribution in [2.45, 2.75) is 51.0 Å². The molecule has 0 radical (unpaired) electrons. The van der Waals surface area contributed by atoms with E-state index in [1.807, 2.05) is 18.2 Å². The molecule has 3 rings (SSSR count). The molecule has 2 aliphatic rings. The van der Waals surface area contributed by atoms with Gasteiger partial charge in [-0.25, -0.2) is 5.43 Å². The average Bonchev–Trinajstić information content (AvgIpc) is 2.53. The number of carbonyl (C=O) groups is 1. The van der Waals surface area contributed by atoms with E-state index in [9.17, 15) is 4.79 Å². The molecule has 1 amide bonds. The molecule has 1 aliphatic heterocycles. The minimum atomic E-state index is -0.646. The zero-order valence-corrected chi connectivity index (χ0v) is 12.7. The third-order valence-corrected chi connectivity index (χ3v) is 4.06. The van der Waals surface area contributed by atoms with Gasteiger partial charge in [-0.3, -0.25) is 4.79 Å². The topological polar surface area (TPSA) is 59.9 Å². The van der Waals surface area contributed by atoms with E-state index in [2.05, 4.69) is 10.5 Å². The number of rotatable bonds is 2. The Morgan fingerprint density at radius 1 is 1.05 bits per heavy atom. The van der Waals surface area contributed by atoms with Gasteiger partial charge in [0, 0.05) is 5.71 Å². The Kier molecular flexibility index (Phi) is 4.93. The van der Waals surface area contributed by atoms with Gasteiger partial charge < -0.3 is 9.47 Å². The van der Waals surface area contributed by atoms with Crippen LogP contribution in [0.5, 0.6) is 11.5 Å². The van der Waals surface area contributed by atoms with Crippen LogP contribution in [-0.2, 0) is 4.79 Å². The first-order chi connectivity index (χ1) is 10.8. The van der Waals surface area contributed by atoms with Crippen molar-refractivity contribution < 1.29 is 14.3 Å². The number of hydrogen-bond acceptors (Lipinski definition) is 4. The van der Waals surface area contributed by atoms with Crippen LogP contribution in [0.25, 0.3) is 0 Å². The van der Waals surface area contributed by atoms with E-state index in [-0.39, 0.29) is 12.5 Å². The number of amides is 1. The Morgan fingerprint density at radius 3 is 2.50 bits per heavy atom. The van der Waals surface area contributed by atoms with E-state index in [1.165, 1.54) is 19.3 Å². The molecule has 22 heavy (non-hydrogen) atoms. The molecular formula is C17H22N2O3. The van der Waals surface area contributed by atoms with Crippen molar-refractivity contribution in [1.29, 1.82) is 0 Å². The SMILES string of the molecule is O=C(NN=C1CCCCCCC1)[C@@H]1COc2ccccc2O1. The Balaban J connectivity index is 1.56. The fourth-order valence-electron chi connectivity index (χ4n) is 2.78. The Labute approximate surface area is 130 Å². The van der Waals surface area contributed by atoms with Gasteiger partial charge in [-0.05, 0) is 37.8 Å². The second-order valence-corrected chi connectivity index (χ2v) is 5.79. The van der Waals surface area contributed by atoms with Crippen molar-refractivity contribution in [1.82, 2.24) is 5.43 Å². The van der Waals surface area contributed by atoms with Gasteiger partial charge in [0.15, 0.2) is 11.5 Å². The number of carbonyl (C=O) groups excluding carboxylic acids is 1. The quantitative estimate of drug-likeness (QED) is 0.854. The van der Waals surface area contributed by atoms with E-state index in [0.29, 0.717) is 11.5 Å². The highest BCUT2D eigenvalue weighted by molar-refractivity contribution is 5.87. The van der Waals surface area contributed by atoms with Gasteiger partial charge in [0.25, 0.3) is 5.91 Å². The lowest BCUT2D eigenvalue weighted by atomic mass is 9.99. The minimum absolute atomic E-state index is 0.216. The van der Waals surface area contributed by atoms with Crippen molar-refractivity contribution in [2.24, 2.45) is 5.10 Å². The molecule has 0 spiro atoms. The maximum atomic E-state index is 12.2. The van der Waals surface area contributed by atoms with Crippen molar-refractivity contribution in [2.75, 3.05) is 6.61 Å². The summed E-state index contributed by atoms with van der Waals surface area (Å²) < 4.78 is 11.2. The highest BCUT2D eigenvalue weighted by atomic mass is 16.6. The number of ether oxygens (including phenoxy) is 2.